The highest BCUT2D eigenvalue weighted by molar-refractivity contribution is 7.09. The van der Waals surface area contributed by atoms with Crippen LogP contribution in [0.4, 0.5) is 0 Å². The normalized spacial score (nSPS) is 12.3. The van der Waals surface area contributed by atoms with E-state index >= 15 is 0 Å². The zero-order valence-electron chi connectivity index (χ0n) is 11.1. The standard InChI is InChI=1S/C16H18N2S/c1-2-18(13-15-9-6-12-19-15)16(10-11-17)14-7-4-3-5-8-14/h3-9,12,16H,2,10,13H2,1H3. The van der Waals surface area contributed by atoms with Crippen LogP contribution in [0.1, 0.15) is 29.8 Å². The van der Waals surface area contributed by atoms with Crippen molar-refractivity contribution in [1.29, 1.82) is 5.26 Å². The molecule has 2 aromatic rings. The average molecular weight is 270 g/mol. The molecule has 2 nitrogen and oxygen atoms in total. The molecule has 3 heteroatoms. The van der Waals surface area contributed by atoms with Gasteiger partial charge in [-0.3, -0.25) is 4.90 Å². The predicted octanol–water partition coefficient (Wildman–Crippen LogP) is 4.22. The summed E-state index contributed by atoms with van der Waals surface area (Å²) in [5, 5.41) is 11.2. The fourth-order valence-electron chi connectivity index (χ4n) is 2.26. The predicted molar refractivity (Wildman–Crippen MR) is 79.8 cm³/mol. The van der Waals surface area contributed by atoms with E-state index in [1.807, 2.05) is 18.2 Å². The Hall–Kier alpha value is -1.63. The SMILES string of the molecule is CCN(Cc1cccs1)C(CC#N)c1ccccc1. The molecule has 0 amide bonds. The molecule has 0 fully saturated rings. The summed E-state index contributed by atoms with van der Waals surface area (Å²) in [6, 6.07) is 17.1. The second-order valence-corrected chi connectivity index (χ2v) is 5.46. The van der Waals surface area contributed by atoms with Crippen LogP contribution >= 0.6 is 11.3 Å². The van der Waals surface area contributed by atoms with Crippen molar-refractivity contribution in [2.45, 2.75) is 25.9 Å². The molecule has 0 saturated heterocycles. The fourth-order valence-corrected chi connectivity index (χ4v) is 2.99. The van der Waals surface area contributed by atoms with Crippen molar-refractivity contribution in [2.75, 3.05) is 6.54 Å². The number of nitriles is 1. The van der Waals surface area contributed by atoms with Crippen molar-refractivity contribution in [2.24, 2.45) is 0 Å². The first-order chi connectivity index (χ1) is 9.35. The zero-order valence-corrected chi connectivity index (χ0v) is 11.9. The van der Waals surface area contributed by atoms with Crippen molar-refractivity contribution in [3.8, 4) is 6.07 Å². The molecule has 19 heavy (non-hydrogen) atoms. The first-order valence-corrected chi connectivity index (χ1v) is 7.41. The summed E-state index contributed by atoms with van der Waals surface area (Å²) in [4.78, 5) is 3.71. The molecule has 0 aliphatic rings. The summed E-state index contributed by atoms with van der Waals surface area (Å²) in [7, 11) is 0. The minimum Gasteiger partial charge on any atom is -0.291 e. The first kappa shape index (κ1) is 13.8. The summed E-state index contributed by atoms with van der Waals surface area (Å²) in [6.45, 7) is 4.01. The maximum absolute atomic E-state index is 9.09. The molecule has 1 aromatic heterocycles. The van der Waals surface area contributed by atoms with E-state index in [1.165, 1.54) is 10.4 Å². The molecular formula is C16H18N2S. The number of benzene rings is 1. The molecule has 1 heterocycles. The Kier molecular flexibility index (Phi) is 5.14. The van der Waals surface area contributed by atoms with Crippen molar-refractivity contribution >= 4 is 11.3 Å². The van der Waals surface area contributed by atoms with Crippen LogP contribution in [0.5, 0.6) is 0 Å². The Morgan fingerprint density at radius 2 is 2.00 bits per heavy atom. The summed E-state index contributed by atoms with van der Waals surface area (Å²) in [6.07, 6.45) is 0.531. The summed E-state index contributed by atoms with van der Waals surface area (Å²) in [5.74, 6) is 0. The minimum absolute atomic E-state index is 0.179. The van der Waals surface area contributed by atoms with Gasteiger partial charge in [0.2, 0.25) is 0 Å². The number of thiophene rings is 1. The van der Waals surface area contributed by atoms with Crippen LogP contribution in [0.25, 0.3) is 0 Å². The maximum Gasteiger partial charge on any atom is 0.0641 e. The van der Waals surface area contributed by atoms with Crippen molar-refractivity contribution < 1.29 is 0 Å². The van der Waals surface area contributed by atoms with Crippen LogP contribution in [0.3, 0.4) is 0 Å². The van der Waals surface area contributed by atoms with Gasteiger partial charge in [0.05, 0.1) is 12.5 Å². The number of nitrogens with zero attached hydrogens (tertiary/aromatic N) is 2. The van der Waals surface area contributed by atoms with Crippen LogP contribution in [-0.2, 0) is 6.54 Å². The molecule has 98 valence electrons. The van der Waals surface area contributed by atoms with Gasteiger partial charge in [-0.15, -0.1) is 11.3 Å². The van der Waals surface area contributed by atoms with E-state index in [0.717, 1.165) is 13.1 Å². The Bertz CT molecular complexity index is 513. The van der Waals surface area contributed by atoms with Gasteiger partial charge in [0.25, 0.3) is 0 Å². The molecule has 0 aliphatic carbocycles. The highest BCUT2D eigenvalue weighted by Gasteiger charge is 2.19. The third kappa shape index (κ3) is 3.66. The molecule has 1 atom stereocenters. The lowest BCUT2D eigenvalue weighted by Crippen LogP contribution is -2.27. The van der Waals surface area contributed by atoms with E-state index in [-0.39, 0.29) is 6.04 Å². The maximum atomic E-state index is 9.09. The van der Waals surface area contributed by atoms with Crippen LogP contribution in [0, 0.1) is 11.3 Å². The van der Waals surface area contributed by atoms with E-state index in [0.29, 0.717) is 6.42 Å². The van der Waals surface area contributed by atoms with Crippen molar-refractivity contribution in [1.82, 2.24) is 4.90 Å². The minimum atomic E-state index is 0.179. The lowest BCUT2D eigenvalue weighted by Gasteiger charge is -2.29. The Morgan fingerprint density at radius 1 is 1.21 bits per heavy atom. The van der Waals surface area contributed by atoms with Gasteiger partial charge in [-0.1, -0.05) is 43.3 Å². The number of hydrogen-bond donors (Lipinski definition) is 0. The van der Waals surface area contributed by atoms with Crippen LogP contribution < -0.4 is 0 Å². The molecule has 0 saturated carbocycles. The second kappa shape index (κ2) is 7.08. The largest absolute Gasteiger partial charge is 0.291 e. The van der Waals surface area contributed by atoms with Gasteiger partial charge >= 0.3 is 0 Å². The van der Waals surface area contributed by atoms with E-state index in [9.17, 15) is 0 Å². The van der Waals surface area contributed by atoms with E-state index < -0.39 is 0 Å². The lowest BCUT2D eigenvalue weighted by molar-refractivity contribution is 0.203. The molecule has 0 N–H and O–H groups in total. The van der Waals surface area contributed by atoms with Gasteiger partial charge in [-0.25, -0.2) is 0 Å². The Morgan fingerprint density at radius 3 is 2.58 bits per heavy atom. The van der Waals surface area contributed by atoms with E-state index in [1.54, 1.807) is 11.3 Å². The Labute approximate surface area is 118 Å². The van der Waals surface area contributed by atoms with Gasteiger partial charge in [-0.05, 0) is 23.6 Å². The van der Waals surface area contributed by atoms with Crippen molar-refractivity contribution in [3.05, 3.63) is 58.3 Å². The first-order valence-electron chi connectivity index (χ1n) is 6.53. The Balaban J connectivity index is 2.19. The molecule has 1 aromatic carbocycles. The molecule has 2 rings (SSSR count). The summed E-state index contributed by atoms with van der Waals surface area (Å²) in [5.41, 5.74) is 1.22. The molecule has 0 aliphatic heterocycles. The van der Waals surface area contributed by atoms with Gasteiger partial charge in [-0.2, -0.15) is 5.26 Å². The third-order valence-corrected chi connectivity index (χ3v) is 4.12. The van der Waals surface area contributed by atoms with Gasteiger partial charge < -0.3 is 0 Å². The monoisotopic (exact) mass is 270 g/mol. The lowest BCUT2D eigenvalue weighted by atomic mass is 10.0. The smallest absolute Gasteiger partial charge is 0.0641 e. The zero-order chi connectivity index (χ0) is 13.5. The highest BCUT2D eigenvalue weighted by Crippen LogP contribution is 2.26. The molecule has 0 spiro atoms. The molecule has 0 bridgehead atoms. The van der Waals surface area contributed by atoms with E-state index in [4.69, 9.17) is 5.26 Å². The van der Waals surface area contributed by atoms with Crippen LogP contribution in [0.15, 0.2) is 47.8 Å². The fraction of sp³-hybridized carbons (Fsp3) is 0.312. The van der Waals surface area contributed by atoms with Crippen LogP contribution in [-0.4, -0.2) is 11.4 Å². The third-order valence-electron chi connectivity index (χ3n) is 3.25. The summed E-state index contributed by atoms with van der Waals surface area (Å²) < 4.78 is 0. The van der Waals surface area contributed by atoms with E-state index in [2.05, 4.69) is 47.5 Å². The average Bonchev–Trinajstić information content (AvgIpc) is 2.96. The van der Waals surface area contributed by atoms with Gasteiger partial charge in [0.15, 0.2) is 0 Å². The summed E-state index contributed by atoms with van der Waals surface area (Å²) >= 11 is 1.77. The molecule has 1 unspecified atom stereocenters. The molecular weight excluding hydrogens is 252 g/mol. The van der Waals surface area contributed by atoms with Crippen molar-refractivity contribution in [3.63, 3.8) is 0 Å². The van der Waals surface area contributed by atoms with Gasteiger partial charge in [0, 0.05) is 17.5 Å². The number of hydrogen-bond acceptors (Lipinski definition) is 3. The highest BCUT2D eigenvalue weighted by atomic mass is 32.1. The topological polar surface area (TPSA) is 27.0 Å². The second-order valence-electron chi connectivity index (χ2n) is 4.43. The molecule has 0 radical (unpaired) electrons. The van der Waals surface area contributed by atoms with Gasteiger partial charge in [0.1, 0.15) is 0 Å². The van der Waals surface area contributed by atoms with Crippen LogP contribution in [0.2, 0.25) is 0 Å². The number of rotatable bonds is 6. The quantitative estimate of drug-likeness (QED) is 0.785.